The summed E-state index contributed by atoms with van der Waals surface area (Å²) in [5.41, 5.74) is 3.19. The molecule has 0 saturated heterocycles. The van der Waals surface area contributed by atoms with E-state index in [1.54, 1.807) is 6.07 Å². The van der Waals surface area contributed by atoms with Gasteiger partial charge in [0.25, 0.3) is 15.9 Å². The largest absolute Gasteiger partial charge is 0.276 e. The fourth-order valence-electron chi connectivity index (χ4n) is 2.97. The number of sulfonamides is 1. The van der Waals surface area contributed by atoms with Crippen LogP contribution in [0, 0.1) is 17.6 Å². The van der Waals surface area contributed by atoms with Crippen molar-refractivity contribution in [2.45, 2.75) is 37.5 Å². The van der Waals surface area contributed by atoms with E-state index in [-0.39, 0.29) is 0 Å². The predicted octanol–water partition coefficient (Wildman–Crippen LogP) is 3.16. The number of benzene rings is 1. The normalized spacial score (nSPS) is 17.0. The lowest BCUT2D eigenvalue weighted by molar-refractivity contribution is 0.0949. The number of nitrogens with one attached hydrogen (secondary N) is 2. The van der Waals surface area contributed by atoms with Gasteiger partial charge in [0, 0.05) is 4.88 Å². The van der Waals surface area contributed by atoms with Crippen LogP contribution in [0.15, 0.2) is 29.2 Å². The van der Waals surface area contributed by atoms with E-state index in [4.69, 9.17) is 0 Å². The van der Waals surface area contributed by atoms with Crippen LogP contribution in [0.1, 0.15) is 39.9 Å². The third-order valence-corrected chi connectivity index (χ3v) is 6.97. The number of aryl methyl sites for hydroxylation is 1. The molecule has 1 heterocycles. The SMILES string of the molecule is CC[C@@H]1CCc2sc(C(=O)NNS(=O)(=O)c3cc(F)ccc3F)cc2C1. The van der Waals surface area contributed by atoms with Gasteiger partial charge in [0.15, 0.2) is 0 Å². The molecule has 1 amide bonds. The predicted molar refractivity (Wildman–Crippen MR) is 94.3 cm³/mol. The Balaban J connectivity index is 1.71. The smallest absolute Gasteiger partial charge is 0.273 e. The Morgan fingerprint density at radius 2 is 2.08 bits per heavy atom. The molecule has 1 aliphatic rings. The Kier molecular flexibility index (Phi) is 5.40. The van der Waals surface area contributed by atoms with E-state index in [2.05, 4.69) is 12.3 Å². The molecule has 1 atom stereocenters. The van der Waals surface area contributed by atoms with E-state index >= 15 is 0 Å². The van der Waals surface area contributed by atoms with Gasteiger partial charge in [-0.15, -0.1) is 16.2 Å². The summed E-state index contributed by atoms with van der Waals surface area (Å²) >= 11 is 1.33. The first-order valence-electron chi connectivity index (χ1n) is 8.19. The van der Waals surface area contributed by atoms with Crippen LogP contribution in [0.3, 0.4) is 0 Å². The summed E-state index contributed by atoms with van der Waals surface area (Å²) in [6.45, 7) is 2.13. The van der Waals surface area contributed by atoms with E-state index in [0.717, 1.165) is 42.2 Å². The minimum atomic E-state index is -4.42. The maximum atomic E-state index is 13.6. The molecule has 1 aromatic carbocycles. The number of thiophene rings is 1. The molecule has 0 aliphatic heterocycles. The van der Waals surface area contributed by atoms with E-state index in [0.29, 0.717) is 22.9 Å². The van der Waals surface area contributed by atoms with Crippen molar-refractivity contribution in [2.24, 2.45) is 5.92 Å². The first-order valence-corrected chi connectivity index (χ1v) is 10.5. The average molecular weight is 400 g/mol. The average Bonchev–Trinajstić information content (AvgIpc) is 3.04. The highest BCUT2D eigenvalue weighted by Gasteiger charge is 2.24. The fraction of sp³-hybridized carbons (Fsp3) is 0.353. The molecule has 3 rings (SSSR count). The second-order valence-electron chi connectivity index (χ2n) is 6.21. The second kappa shape index (κ2) is 7.42. The molecule has 0 saturated carbocycles. The Hall–Kier alpha value is -1.84. The minimum Gasteiger partial charge on any atom is -0.273 e. The molecule has 0 radical (unpaired) electrons. The summed E-state index contributed by atoms with van der Waals surface area (Å²) in [6, 6.07) is 3.85. The number of carbonyl (C=O) groups is 1. The summed E-state index contributed by atoms with van der Waals surface area (Å²) in [7, 11) is -4.42. The number of amides is 1. The third kappa shape index (κ3) is 3.94. The van der Waals surface area contributed by atoms with Gasteiger partial charge in [-0.25, -0.2) is 17.2 Å². The van der Waals surface area contributed by atoms with Crippen LogP contribution >= 0.6 is 11.3 Å². The topological polar surface area (TPSA) is 75.3 Å². The zero-order valence-corrected chi connectivity index (χ0v) is 15.6. The van der Waals surface area contributed by atoms with Crippen LogP contribution in [0.25, 0.3) is 0 Å². The lowest BCUT2D eigenvalue weighted by atomic mass is 9.87. The molecule has 140 valence electrons. The summed E-state index contributed by atoms with van der Waals surface area (Å²) in [5, 5.41) is 0. The molecule has 0 bridgehead atoms. The number of fused-ring (bicyclic) bond motifs is 1. The minimum absolute atomic E-state index is 0.383. The molecule has 1 aromatic heterocycles. The molecule has 0 spiro atoms. The maximum Gasteiger partial charge on any atom is 0.276 e. The van der Waals surface area contributed by atoms with E-state index < -0.39 is 32.5 Å². The Labute approximate surface area is 154 Å². The summed E-state index contributed by atoms with van der Waals surface area (Å²) in [6.07, 6.45) is 3.98. The molecule has 1 aliphatic carbocycles. The van der Waals surface area contributed by atoms with Crippen molar-refractivity contribution in [3.63, 3.8) is 0 Å². The van der Waals surface area contributed by atoms with Gasteiger partial charge in [0.05, 0.1) is 4.88 Å². The van der Waals surface area contributed by atoms with Crippen molar-refractivity contribution < 1.29 is 22.0 Å². The number of carbonyl (C=O) groups excluding carboxylic acids is 1. The van der Waals surface area contributed by atoms with Crippen molar-refractivity contribution >= 4 is 27.3 Å². The Bertz CT molecular complexity index is 941. The van der Waals surface area contributed by atoms with Gasteiger partial charge in [0.2, 0.25) is 0 Å². The van der Waals surface area contributed by atoms with Gasteiger partial charge < -0.3 is 0 Å². The maximum absolute atomic E-state index is 13.6. The van der Waals surface area contributed by atoms with Gasteiger partial charge >= 0.3 is 0 Å². The quantitative estimate of drug-likeness (QED) is 0.757. The lowest BCUT2D eigenvalue weighted by Crippen LogP contribution is -2.41. The molecule has 9 heteroatoms. The van der Waals surface area contributed by atoms with Crippen molar-refractivity contribution in [1.82, 2.24) is 10.3 Å². The third-order valence-electron chi connectivity index (χ3n) is 4.47. The highest BCUT2D eigenvalue weighted by atomic mass is 32.2. The van der Waals surface area contributed by atoms with Crippen molar-refractivity contribution in [3.05, 3.63) is 51.2 Å². The lowest BCUT2D eigenvalue weighted by Gasteiger charge is -2.19. The van der Waals surface area contributed by atoms with Crippen LogP contribution in [0.2, 0.25) is 0 Å². The Morgan fingerprint density at radius 1 is 1.31 bits per heavy atom. The van der Waals surface area contributed by atoms with Crippen molar-refractivity contribution in [2.75, 3.05) is 0 Å². The molecule has 5 nitrogen and oxygen atoms in total. The molecule has 2 N–H and O–H groups in total. The fourth-order valence-corrected chi connectivity index (χ4v) is 5.01. The van der Waals surface area contributed by atoms with Crippen molar-refractivity contribution in [3.8, 4) is 0 Å². The van der Waals surface area contributed by atoms with E-state index in [1.807, 2.05) is 4.83 Å². The standard InChI is InChI=1S/C17H18F2N2O3S2/c1-2-10-3-6-14-11(7-10)8-15(25-14)17(22)20-21-26(23,24)16-9-12(18)4-5-13(16)19/h4-5,8-10,21H,2-3,6-7H2,1H3,(H,20,22)/t10-/m1/s1. The second-order valence-corrected chi connectivity index (χ2v) is 9.00. The first kappa shape index (κ1) is 18.9. The number of rotatable bonds is 5. The van der Waals surface area contributed by atoms with E-state index in [9.17, 15) is 22.0 Å². The zero-order valence-electron chi connectivity index (χ0n) is 14.0. The van der Waals surface area contributed by atoms with Gasteiger partial charge in [0.1, 0.15) is 16.5 Å². The Morgan fingerprint density at radius 3 is 2.81 bits per heavy atom. The molecule has 0 fully saturated rings. The number of hydrazine groups is 1. The number of hydrogen-bond acceptors (Lipinski definition) is 4. The highest BCUT2D eigenvalue weighted by molar-refractivity contribution is 7.89. The molecule has 0 unspecified atom stereocenters. The molecular weight excluding hydrogens is 382 g/mol. The van der Waals surface area contributed by atoms with Crippen molar-refractivity contribution in [1.29, 1.82) is 0 Å². The number of hydrogen-bond donors (Lipinski definition) is 2. The molecule has 2 aromatic rings. The molecular formula is C17H18F2N2O3S2. The van der Waals surface area contributed by atoms with Crippen LogP contribution in [-0.2, 0) is 22.9 Å². The van der Waals surface area contributed by atoms with Crippen LogP contribution in [0.5, 0.6) is 0 Å². The number of halogens is 2. The zero-order chi connectivity index (χ0) is 18.9. The van der Waals surface area contributed by atoms with Gasteiger partial charge in [-0.2, -0.15) is 0 Å². The van der Waals surface area contributed by atoms with Gasteiger partial charge in [-0.3, -0.25) is 10.2 Å². The van der Waals surface area contributed by atoms with Gasteiger partial charge in [-0.1, -0.05) is 13.3 Å². The first-order chi connectivity index (χ1) is 12.3. The summed E-state index contributed by atoms with van der Waals surface area (Å²) in [5.74, 6) is -2.03. The van der Waals surface area contributed by atoms with Crippen LogP contribution in [0.4, 0.5) is 8.78 Å². The summed E-state index contributed by atoms with van der Waals surface area (Å²) in [4.78, 5) is 14.7. The van der Waals surface area contributed by atoms with Crippen LogP contribution < -0.4 is 10.3 Å². The monoisotopic (exact) mass is 400 g/mol. The summed E-state index contributed by atoms with van der Waals surface area (Å²) < 4.78 is 51.0. The van der Waals surface area contributed by atoms with Gasteiger partial charge in [-0.05, 0) is 55.0 Å². The molecule has 26 heavy (non-hydrogen) atoms. The highest BCUT2D eigenvalue weighted by Crippen LogP contribution is 2.33. The van der Waals surface area contributed by atoms with Crippen LogP contribution in [-0.4, -0.2) is 14.3 Å². The van der Waals surface area contributed by atoms with E-state index in [1.165, 1.54) is 11.3 Å².